The second-order valence-electron chi connectivity index (χ2n) is 10.6. The number of hydrogen-bond acceptors (Lipinski definition) is 6. The van der Waals surface area contributed by atoms with Gasteiger partial charge in [-0.1, -0.05) is 25.1 Å². The Labute approximate surface area is 362 Å². The van der Waals surface area contributed by atoms with Gasteiger partial charge in [0.2, 0.25) is 5.91 Å². The SMILES string of the molecule is CC(=O)c1cnc(C2CC2)[nH]1.CCOc1c[c-]c(C)cc1[C-]=O.[CH2-]CCN1CCCC1=O.[CH2-]CN(C[CH2-])c1ccccc1C.[K+].[K+]. The first-order valence-electron chi connectivity index (χ1n) is 15.2. The van der Waals surface area contributed by atoms with Crippen molar-refractivity contribution >= 4 is 23.7 Å². The maximum absolute atomic E-state index is 10.9. The number of carbonyl (C=O) groups excluding carboxylic acids is 3. The fraction of sp³-hybridized carbons (Fsp3) is 0.417. The van der Waals surface area contributed by atoms with E-state index in [0.29, 0.717) is 35.4 Å². The van der Waals surface area contributed by atoms with Crippen LogP contribution in [0, 0.1) is 40.7 Å². The molecule has 1 amide bonds. The van der Waals surface area contributed by atoms with E-state index in [1.807, 2.05) is 37.2 Å². The van der Waals surface area contributed by atoms with Gasteiger partial charge in [0.1, 0.15) is 11.5 Å². The molecule has 1 aromatic heterocycles. The fourth-order valence-corrected chi connectivity index (χ4v) is 4.42. The van der Waals surface area contributed by atoms with Crippen LogP contribution in [0.15, 0.2) is 42.6 Å². The first kappa shape index (κ1) is 45.3. The minimum absolute atomic E-state index is 0. The van der Waals surface area contributed by atoms with Crippen LogP contribution < -0.4 is 112 Å². The Balaban J connectivity index is 0.000000581. The van der Waals surface area contributed by atoms with Crippen molar-refractivity contribution in [1.29, 1.82) is 0 Å². The van der Waals surface area contributed by atoms with Crippen LogP contribution in [0.25, 0.3) is 0 Å². The monoisotopic (exact) mass is 677 g/mol. The molecule has 2 heterocycles. The van der Waals surface area contributed by atoms with Crippen molar-refractivity contribution in [3.8, 4) is 5.75 Å². The first-order chi connectivity index (χ1) is 21.2. The van der Waals surface area contributed by atoms with Gasteiger partial charge in [0.25, 0.3) is 0 Å². The molecule has 1 aliphatic heterocycles. The second-order valence-corrected chi connectivity index (χ2v) is 10.6. The molecule has 3 aromatic rings. The predicted molar refractivity (Wildman–Crippen MR) is 176 cm³/mol. The van der Waals surface area contributed by atoms with E-state index in [9.17, 15) is 14.4 Å². The number of ketones is 1. The molecular weight excluding hydrogens is 631 g/mol. The first-order valence-corrected chi connectivity index (χ1v) is 15.2. The summed E-state index contributed by atoms with van der Waals surface area (Å²) in [5.74, 6) is 2.50. The Morgan fingerprint density at radius 1 is 1.17 bits per heavy atom. The number of amides is 1. The van der Waals surface area contributed by atoms with E-state index in [4.69, 9.17) is 4.74 Å². The van der Waals surface area contributed by atoms with E-state index in [1.165, 1.54) is 24.1 Å². The standard InChI is InChI=1S/C11H15N.C10H10O2.C8H10N2O.C7H12NO.2K/c1-4-12(5-2)11-9-7-6-8-10(11)3;1-3-12-10-5-4-8(2)6-9(10)7-11;1-5(11)7-4-9-8(10-7)6-2-3-6;1-2-5-8-6-3-4-7(8)9;;/h6-9H,1-2,4-5H2,3H3;5-6H,3H2,1-2H3;4,6H,2-3H2,1H3,(H,9,10);1-6H2;;/q2*-2;;-1;2*+1. The molecule has 2 aromatic carbocycles. The zero-order valence-corrected chi connectivity index (χ0v) is 35.0. The van der Waals surface area contributed by atoms with Crippen molar-refractivity contribution < 1.29 is 122 Å². The van der Waals surface area contributed by atoms with Crippen molar-refractivity contribution in [1.82, 2.24) is 14.9 Å². The average Bonchev–Trinajstić information content (AvgIpc) is 3.60. The number of nitrogens with zero attached hydrogens (tertiary/aromatic N) is 3. The number of aromatic amines is 1. The van der Waals surface area contributed by atoms with Gasteiger partial charge in [0.15, 0.2) is 5.78 Å². The van der Waals surface area contributed by atoms with Crippen molar-refractivity contribution in [3.63, 3.8) is 0 Å². The molecule has 5 rings (SSSR count). The van der Waals surface area contributed by atoms with Crippen molar-refractivity contribution in [3.05, 3.63) is 97.6 Å². The van der Waals surface area contributed by atoms with Crippen LogP contribution >= 0.6 is 0 Å². The number of rotatable bonds is 10. The Bertz CT molecular complexity index is 1320. The summed E-state index contributed by atoms with van der Waals surface area (Å²) in [4.78, 5) is 43.3. The number of aryl methyl sites for hydroxylation is 2. The number of anilines is 1. The van der Waals surface area contributed by atoms with Crippen LogP contribution in [0.2, 0.25) is 0 Å². The molecule has 0 atom stereocenters. The summed E-state index contributed by atoms with van der Waals surface area (Å²) in [7, 11) is 0. The summed E-state index contributed by atoms with van der Waals surface area (Å²) in [6.07, 6.45) is 8.50. The molecule has 0 radical (unpaired) electrons. The van der Waals surface area contributed by atoms with Gasteiger partial charge in [-0.2, -0.15) is 24.1 Å². The van der Waals surface area contributed by atoms with Gasteiger partial charge >= 0.3 is 103 Å². The number of imidazole rings is 1. The van der Waals surface area contributed by atoms with E-state index in [-0.39, 0.29) is 109 Å². The molecule has 0 spiro atoms. The topological polar surface area (TPSA) is 95.6 Å². The maximum Gasteiger partial charge on any atom is 1.00 e. The molecule has 1 saturated heterocycles. The number of nitrogens with one attached hydrogen (secondary N) is 1. The summed E-state index contributed by atoms with van der Waals surface area (Å²) >= 11 is 0. The second kappa shape index (κ2) is 25.3. The molecule has 2 fully saturated rings. The number of para-hydroxylation sites is 1. The molecule has 0 bridgehead atoms. The van der Waals surface area contributed by atoms with Crippen LogP contribution in [0.3, 0.4) is 0 Å². The van der Waals surface area contributed by atoms with Crippen LogP contribution in [-0.4, -0.2) is 65.6 Å². The van der Waals surface area contributed by atoms with Gasteiger partial charge in [-0.05, 0) is 51.3 Å². The molecule has 0 unspecified atom stereocenters. The van der Waals surface area contributed by atoms with E-state index in [0.717, 1.165) is 56.8 Å². The zero-order chi connectivity index (χ0) is 32.5. The molecule has 1 aliphatic carbocycles. The summed E-state index contributed by atoms with van der Waals surface area (Å²) in [5.41, 5.74) is 4.53. The van der Waals surface area contributed by atoms with E-state index in [2.05, 4.69) is 60.8 Å². The minimum atomic E-state index is 0. The Morgan fingerprint density at radius 3 is 2.33 bits per heavy atom. The molecule has 8 nitrogen and oxygen atoms in total. The summed E-state index contributed by atoms with van der Waals surface area (Å²) < 4.78 is 5.19. The smallest absolute Gasteiger partial charge is 0.552 e. The van der Waals surface area contributed by atoms with E-state index in [1.54, 1.807) is 25.3 Å². The molecule has 2 aliphatic rings. The van der Waals surface area contributed by atoms with Gasteiger partial charge < -0.3 is 45.1 Å². The Morgan fingerprint density at radius 2 is 1.85 bits per heavy atom. The van der Waals surface area contributed by atoms with Gasteiger partial charge in [0, 0.05) is 37.2 Å². The summed E-state index contributed by atoms with van der Waals surface area (Å²) in [6.45, 7) is 22.7. The number of carbonyl (C=O) groups is 2. The molecule has 240 valence electrons. The predicted octanol–water partition coefficient (Wildman–Crippen LogP) is 0.452. The number of benzene rings is 2. The third kappa shape index (κ3) is 16.2. The summed E-state index contributed by atoms with van der Waals surface area (Å²) in [6, 6.07) is 14.6. The molecule has 1 saturated carbocycles. The van der Waals surface area contributed by atoms with Crippen LogP contribution in [0.5, 0.6) is 5.75 Å². The number of Topliss-reactive ketones (excluding diaryl/α,β-unsaturated/α-hetero) is 1. The number of ether oxygens (including phenoxy) is 1. The third-order valence-corrected chi connectivity index (χ3v) is 7.00. The number of hydrogen-bond donors (Lipinski definition) is 1. The average molecular weight is 678 g/mol. The van der Waals surface area contributed by atoms with Crippen LogP contribution in [0.4, 0.5) is 5.69 Å². The minimum Gasteiger partial charge on any atom is -0.552 e. The van der Waals surface area contributed by atoms with Gasteiger partial charge in [-0.3, -0.25) is 9.59 Å². The number of H-pyrrole nitrogens is 1. The van der Waals surface area contributed by atoms with Crippen LogP contribution in [-0.2, 0) is 9.59 Å². The molecule has 46 heavy (non-hydrogen) atoms. The van der Waals surface area contributed by atoms with Crippen molar-refractivity contribution in [2.75, 3.05) is 37.7 Å². The number of likely N-dealkylation sites (tertiary alicyclic amines) is 1. The van der Waals surface area contributed by atoms with Gasteiger partial charge in [0.05, 0.1) is 19.1 Å². The normalized spacial score (nSPS) is 12.8. The van der Waals surface area contributed by atoms with Crippen LogP contribution in [0.1, 0.15) is 84.9 Å². The van der Waals surface area contributed by atoms with E-state index >= 15 is 0 Å². The quantitative estimate of drug-likeness (QED) is 0.190. The van der Waals surface area contributed by atoms with Gasteiger partial charge in [-0.15, -0.1) is 24.7 Å². The fourth-order valence-electron chi connectivity index (χ4n) is 4.42. The Kier molecular flexibility index (Phi) is 25.0. The maximum atomic E-state index is 10.9. The Hall–Kier alpha value is -0.667. The van der Waals surface area contributed by atoms with Gasteiger partial charge in [-0.25, -0.2) is 4.98 Å². The molecule has 1 N–H and O–H groups in total. The number of aromatic nitrogens is 2. The largest absolute Gasteiger partial charge is 1.00 e. The van der Waals surface area contributed by atoms with Crippen molar-refractivity contribution in [2.24, 2.45) is 0 Å². The zero-order valence-electron chi connectivity index (χ0n) is 28.8. The van der Waals surface area contributed by atoms with Crippen molar-refractivity contribution in [2.45, 2.75) is 65.7 Å². The molecule has 10 heteroatoms. The third-order valence-electron chi connectivity index (χ3n) is 7.00. The summed E-state index contributed by atoms with van der Waals surface area (Å²) in [5, 5.41) is 0. The molecular formula is C36H47K2N4O4-3. The van der Waals surface area contributed by atoms with E-state index < -0.39 is 0 Å².